The number of alkyl carbamates (subject to hydrolysis) is 1. The summed E-state index contributed by atoms with van der Waals surface area (Å²) >= 11 is 0. The van der Waals surface area contributed by atoms with Gasteiger partial charge in [-0.15, -0.1) is 0 Å². The second-order valence-electron chi connectivity index (χ2n) is 16.9. The summed E-state index contributed by atoms with van der Waals surface area (Å²) in [7, 11) is -4.74. The summed E-state index contributed by atoms with van der Waals surface area (Å²) in [6.07, 6.45) is -4.21. The molecule has 1 N–H and O–H groups in total. The summed E-state index contributed by atoms with van der Waals surface area (Å²) in [6, 6.07) is 8.83. The highest BCUT2D eigenvalue weighted by atomic mass is 28.4. The molecule has 12 heteroatoms. The zero-order valence-electron chi connectivity index (χ0n) is 30.5. The summed E-state index contributed by atoms with van der Waals surface area (Å²) < 4.78 is 52.1. The lowest BCUT2D eigenvalue weighted by Gasteiger charge is -2.44. The van der Waals surface area contributed by atoms with Crippen molar-refractivity contribution in [2.75, 3.05) is 6.61 Å². The lowest BCUT2D eigenvalue weighted by Crippen LogP contribution is -2.62. The molecule has 46 heavy (non-hydrogen) atoms. The standard InChI is InChI=1S/C34H59NO9Si2/c1-31(2,3)45(11,12)43-25(23-21-38-33(7,8)40-23)24(35-30(36)37-20-22-18-16-15-17-19-22)26-27-28(42-34(9,10)41-27)29(39-26)44-46(13,14)32(4,5)6/h15-19,23-29H,20-21H2,1-14H3,(H,35,36)/t23-,24-,25-,26+,27+,28+,29+/m1/s1. The van der Waals surface area contributed by atoms with Gasteiger partial charge in [0.25, 0.3) is 0 Å². The van der Waals surface area contributed by atoms with E-state index in [9.17, 15) is 4.79 Å². The van der Waals surface area contributed by atoms with Crippen LogP contribution in [0.5, 0.6) is 0 Å². The molecule has 0 aromatic heterocycles. The van der Waals surface area contributed by atoms with Crippen molar-refractivity contribution in [3.8, 4) is 0 Å². The Bertz CT molecular complexity index is 1200. The third-order valence-corrected chi connectivity index (χ3v) is 19.0. The summed E-state index contributed by atoms with van der Waals surface area (Å²) in [5, 5.41) is 2.97. The molecule has 1 aromatic carbocycles. The highest BCUT2D eigenvalue weighted by Crippen LogP contribution is 2.46. The highest BCUT2D eigenvalue weighted by molar-refractivity contribution is 6.74. The topological polar surface area (TPSA) is 103 Å². The quantitative estimate of drug-likeness (QED) is 0.259. The van der Waals surface area contributed by atoms with E-state index in [-0.39, 0.29) is 23.3 Å². The molecule has 4 rings (SSSR count). The molecule has 0 bridgehead atoms. The fraction of sp³-hybridized carbons (Fsp3) is 0.794. The van der Waals surface area contributed by atoms with Crippen LogP contribution >= 0.6 is 0 Å². The maximum Gasteiger partial charge on any atom is 0.407 e. The predicted octanol–water partition coefficient (Wildman–Crippen LogP) is 7.09. The van der Waals surface area contributed by atoms with E-state index in [2.05, 4.69) is 73.0 Å². The summed E-state index contributed by atoms with van der Waals surface area (Å²) in [5.74, 6) is -1.70. The Labute approximate surface area is 278 Å². The molecule has 1 aromatic rings. The van der Waals surface area contributed by atoms with Crippen LogP contribution in [-0.2, 0) is 43.9 Å². The Balaban J connectivity index is 1.74. The number of carbonyl (C=O) groups excluding carboxylic acids is 1. The molecule has 0 radical (unpaired) electrons. The van der Waals surface area contributed by atoms with Gasteiger partial charge in [0, 0.05) is 0 Å². The number of ether oxygens (including phenoxy) is 6. The number of carbonyl (C=O) groups is 1. The molecule has 1 amide bonds. The van der Waals surface area contributed by atoms with Gasteiger partial charge in [-0.1, -0.05) is 71.9 Å². The van der Waals surface area contributed by atoms with Crippen molar-refractivity contribution in [1.29, 1.82) is 0 Å². The lowest BCUT2D eigenvalue weighted by atomic mass is 9.95. The Morgan fingerprint density at radius 3 is 2.02 bits per heavy atom. The lowest BCUT2D eigenvalue weighted by molar-refractivity contribution is -0.223. The first-order valence-corrected chi connectivity index (χ1v) is 22.4. The molecule has 3 aliphatic heterocycles. The van der Waals surface area contributed by atoms with Gasteiger partial charge >= 0.3 is 6.09 Å². The van der Waals surface area contributed by atoms with Crippen molar-refractivity contribution in [2.45, 2.75) is 167 Å². The van der Waals surface area contributed by atoms with Crippen LogP contribution < -0.4 is 5.32 Å². The van der Waals surface area contributed by atoms with E-state index in [0.717, 1.165) is 5.56 Å². The first kappa shape index (κ1) is 37.5. The Kier molecular flexibility index (Phi) is 10.7. The van der Waals surface area contributed by atoms with Crippen molar-refractivity contribution in [1.82, 2.24) is 5.32 Å². The molecule has 0 aliphatic carbocycles. The predicted molar refractivity (Wildman–Crippen MR) is 181 cm³/mol. The third-order valence-electron chi connectivity index (χ3n) is 10.1. The van der Waals surface area contributed by atoms with Gasteiger partial charge in [-0.2, -0.15) is 0 Å². The largest absolute Gasteiger partial charge is 0.445 e. The number of benzene rings is 1. The SMILES string of the molecule is CC1(C)O[C@@H]2[C@H](O1)[C@H](O[Si](C)(C)C(C)(C)C)O[C@H]2[C@H](NC(=O)OCc1ccccc1)[C@H](O[Si](C)(C)C(C)(C)C)[C@H]1COC(C)(C)O1. The normalized spacial score (nSPS) is 29.3. The van der Waals surface area contributed by atoms with E-state index in [4.69, 9.17) is 37.3 Å². The molecule has 262 valence electrons. The van der Waals surface area contributed by atoms with Crippen molar-refractivity contribution in [3.63, 3.8) is 0 Å². The molecule has 0 saturated carbocycles. The van der Waals surface area contributed by atoms with Gasteiger partial charge < -0.3 is 42.6 Å². The number of amides is 1. The van der Waals surface area contributed by atoms with Crippen LogP contribution in [0.1, 0.15) is 74.8 Å². The van der Waals surface area contributed by atoms with E-state index in [1.807, 2.05) is 58.0 Å². The molecule has 10 nitrogen and oxygen atoms in total. The van der Waals surface area contributed by atoms with Crippen LogP contribution in [0.25, 0.3) is 0 Å². The molecule has 3 saturated heterocycles. The van der Waals surface area contributed by atoms with E-state index >= 15 is 0 Å². The number of nitrogens with one attached hydrogen (secondary N) is 1. The van der Waals surface area contributed by atoms with Crippen molar-refractivity contribution in [2.24, 2.45) is 0 Å². The number of rotatable bonds is 10. The molecule has 0 unspecified atom stereocenters. The molecular formula is C34H59NO9Si2. The van der Waals surface area contributed by atoms with Gasteiger partial charge in [0.2, 0.25) is 0 Å². The molecule has 3 heterocycles. The first-order valence-electron chi connectivity index (χ1n) is 16.6. The van der Waals surface area contributed by atoms with Gasteiger partial charge in [0.1, 0.15) is 31.0 Å². The van der Waals surface area contributed by atoms with Crippen molar-refractivity contribution < 1.29 is 42.1 Å². The average Bonchev–Trinajstić information content (AvgIpc) is 3.53. The second-order valence-corrected chi connectivity index (χ2v) is 26.4. The van der Waals surface area contributed by atoms with Crippen molar-refractivity contribution >= 4 is 22.7 Å². The number of hydrogen-bond donors (Lipinski definition) is 1. The smallest absolute Gasteiger partial charge is 0.407 e. The fourth-order valence-electron chi connectivity index (χ4n) is 5.47. The second kappa shape index (κ2) is 13.2. The zero-order valence-corrected chi connectivity index (χ0v) is 32.5. The van der Waals surface area contributed by atoms with Crippen molar-refractivity contribution in [3.05, 3.63) is 35.9 Å². The number of hydrogen-bond acceptors (Lipinski definition) is 9. The van der Waals surface area contributed by atoms with E-state index < -0.39 is 77.2 Å². The fourth-order valence-corrected chi connectivity index (χ4v) is 7.93. The first-order chi connectivity index (χ1) is 20.9. The van der Waals surface area contributed by atoms with Crippen LogP contribution in [0.15, 0.2) is 30.3 Å². The van der Waals surface area contributed by atoms with E-state index in [1.54, 1.807) is 0 Å². The Hall–Kier alpha value is -1.36. The molecule has 0 spiro atoms. The van der Waals surface area contributed by atoms with Gasteiger partial charge in [0.15, 0.2) is 34.5 Å². The maximum absolute atomic E-state index is 13.7. The molecule has 3 fully saturated rings. The molecule has 3 aliphatic rings. The van der Waals surface area contributed by atoms with Gasteiger partial charge in [0.05, 0.1) is 18.8 Å². The summed E-state index contributed by atoms with van der Waals surface area (Å²) in [4.78, 5) is 13.7. The van der Waals surface area contributed by atoms with Gasteiger partial charge in [-0.05, 0) is 69.5 Å². The minimum absolute atomic E-state index is 0.0631. The van der Waals surface area contributed by atoms with Crippen LogP contribution in [0.4, 0.5) is 4.79 Å². The van der Waals surface area contributed by atoms with Crippen LogP contribution in [0.3, 0.4) is 0 Å². The van der Waals surface area contributed by atoms with E-state index in [1.165, 1.54) is 0 Å². The maximum atomic E-state index is 13.7. The summed E-state index contributed by atoms with van der Waals surface area (Å²) in [6.45, 7) is 29.8. The van der Waals surface area contributed by atoms with Gasteiger partial charge in [-0.3, -0.25) is 0 Å². The van der Waals surface area contributed by atoms with Crippen LogP contribution in [-0.4, -0.2) is 83.8 Å². The zero-order chi connectivity index (χ0) is 34.5. The molecular weight excluding hydrogens is 623 g/mol. The van der Waals surface area contributed by atoms with E-state index in [0.29, 0.717) is 0 Å². The highest BCUT2D eigenvalue weighted by Gasteiger charge is 2.62. The minimum Gasteiger partial charge on any atom is -0.445 e. The monoisotopic (exact) mass is 681 g/mol. The van der Waals surface area contributed by atoms with Crippen LogP contribution in [0, 0.1) is 0 Å². The Morgan fingerprint density at radius 1 is 0.891 bits per heavy atom. The molecule has 7 atom stereocenters. The summed E-state index contributed by atoms with van der Waals surface area (Å²) in [5.41, 5.74) is 0.881. The Morgan fingerprint density at radius 2 is 1.48 bits per heavy atom. The third kappa shape index (κ3) is 8.62. The van der Waals surface area contributed by atoms with Gasteiger partial charge in [-0.25, -0.2) is 4.79 Å². The number of fused-ring (bicyclic) bond motifs is 1. The minimum atomic E-state index is -2.44. The van der Waals surface area contributed by atoms with Crippen LogP contribution in [0.2, 0.25) is 36.3 Å². The average molecular weight is 682 g/mol.